The molecule has 0 unspecified atom stereocenters. The number of hydrogen-bond acceptors (Lipinski definition) is 4. The van der Waals surface area contributed by atoms with E-state index in [1.54, 1.807) is 36.0 Å². The minimum absolute atomic E-state index is 0.106. The first-order valence-corrected chi connectivity index (χ1v) is 7.21. The van der Waals surface area contributed by atoms with Crippen molar-refractivity contribution >= 4 is 23.6 Å². The van der Waals surface area contributed by atoms with Gasteiger partial charge in [0.15, 0.2) is 17.3 Å². The van der Waals surface area contributed by atoms with Gasteiger partial charge in [-0.25, -0.2) is 0 Å². The zero-order valence-electron chi connectivity index (χ0n) is 10.9. The van der Waals surface area contributed by atoms with Crippen LogP contribution in [0.3, 0.4) is 0 Å². The highest BCUT2D eigenvalue weighted by atomic mass is 32.2. The molecule has 0 aliphatic carbocycles. The van der Waals surface area contributed by atoms with E-state index >= 15 is 0 Å². The Balaban J connectivity index is 2.13. The number of carbonyl (C=O) groups is 1. The summed E-state index contributed by atoms with van der Waals surface area (Å²) in [5, 5.41) is 18.6. The Labute approximate surface area is 121 Å². The number of benzene rings is 2. The Morgan fingerprint density at radius 3 is 2.35 bits per heavy atom. The van der Waals surface area contributed by atoms with Gasteiger partial charge in [0.05, 0.1) is 0 Å². The van der Waals surface area contributed by atoms with Gasteiger partial charge in [0.25, 0.3) is 0 Å². The van der Waals surface area contributed by atoms with E-state index < -0.39 is 0 Å². The number of rotatable bonds is 4. The third kappa shape index (κ3) is 3.42. The van der Waals surface area contributed by atoms with Crippen molar-refractivity contribution in [1.82, 2.24) is 0 Å². The minimum atomic E-state index is -0.205. The van der Waals surface area contributed by atoms with Crippen molar-refractivity contribution in [3.8, 4) is 11.5 Å². The predicted molar refractivity (Wildman–Crippen MR) is 81.4 cm³/mol. The third-order valence-electron chi connectivity index (χ3n) is 2.80. The van der Waals surface area contributed by atoms with E-state index in [9.17, 15) is 15.0 Å². The summed E-state index contributed by atoms with van der Waals surface area (Å²) in [6.07, 6.45) is 5.03. The van der Waals surface area contributed by atoms with E-state index in [2.05, 4.69) is 0 Å². The molecule has 3 nitrogen and oxygen atoms in total. The van der Waals surface area contributed by atoms with Crippen molar-refractivity contribution < 1.29 is 15.0 Å². The summed E-state index contributed by atoms with van der Waals surface area (Å²) < 4.78 is 0. The van der Waals surface area contributed by atoms with Crippen LogP contribution < -0.4 is 0 Å². The number of hydrogen-bond donors (Lipinski definition) is 2. The molecule has 0 spiro atoms. The van der Waals surface area contributed by atoms with Crippen LogP contribution in [-0.4, -0.2) is 22.3 Å². The number of aromatic hydroxyl groups is 2. The second kappa shape index (κ2) is 6.30. The highest BCUT2D eigenvalue weighted by Gasteiger charge is 2.02. The molecule has 0 heterocycles. The summed E-state index contributed by atoms with van der Waals surface area (Å²) >= 11 is 1.62. The molecule has 2 aromatic carbocycles. The average molecular weight is 286 g/mol. The summed E-state index contributed by atoms with van der Waals surface area (Å²) in [7, 11) is 0. The van der Waals surface area contributed by atoms with Crippen molar-refractivity contribution in [3.63, 3.8) is 0 Å². The van der Waals surface area contributed by atoms with Crippen LogP contribution in [0.1, 0.15) is 15.9 Å². The van der Waals surface area contributed by atoms with Gasteiger partial charge in [-0.3, -0.25) is 4.79 Å². The smallest absolute Gasteiger partial charge is 0.185 e. The molecule has 20 heavy (non-hydrogen) atoms. The van der Waals surface area contributed by atoms with Crippen LogP contribution in [0.25, 0.3) is 6.08 Å². The zero-order valence-corrected chi connectivity index (χ0v) is 11.7. The summed E-state index contributed by atoms with van der Waals surface area (Å²) in [5.74, 6) is -0.490. The maximum absolute atomic E-state index is 12.0. The van der Waals surface area contributed by atoms with E-state index in [0.29, 0.717) is 11.1 Å². The first-order chi connectivity index (χ1) is 9.60. The van der Waals surface area contributed by atoms with Crippen LogP contribution >= 0.6 is 11.8 Å². The maximum Gasteiger partial charge on any atom is 0.185 e. The van der Waals surface area contributed by atoms with Gasteiger partial charge in [0.2, 0.25) is 0 Å². The number of phenols is 2. The monoisotopic (exact) mass is 286 g/mol. The Morgan fingerprint density at radius 1 is 1.05 bits per heavy atom. The molecule has 2 aromatic rings. The second-order valence-electron chi connectivity index (χ2n) is 4.17. The van der Waals surface area contributed by atoms with Crippen molar-refractivity contribution in [2.24, 2.45) is 0 Å². The van der Waals surface area contributed by atoms with Gasteiger partial charge in [-0.2, -0.15) is 0 Å². The molecule has 0 radical (unpaired) electrons. The summed E-state index contributed by atoms with van der Waals surface area (Å²) in [6.45, 7) is 0. The minimum Gasteiger partial charge on any atom is -0.504 e. The lowest BCUT2D eigenvalue weighted by atomic mass is 10.1. The fraction of sp³-hybridized carbons (Fsp3) is 0.0625. The van der Waals surface area contributed by atoms with E-state index in [0.717, 1.165) is 4.90 Å². The molecule has 0 aliphatic heterocycles. The van der Waals surface area contributed by atoms with Crippen LogP contribution in [0.15, 0.2) is 53.4 Å². The Hall–Kier alpha value is -2.20. The van der Waals surface area contributed by atoms with Gasteiger partial charge in [-0.05, 0) is 54.3 Å². The third-order valence-corrected chi connectivity index (χ3v) is 3.54. The lowest BCUT2D eigenvalue weighted by Crippen LogP contribution is -1.93. The van der Waals surface area contributed by atoms with Crippen LogP contribution in [0.2, 0.25) is 0 Å². The first-order valence-electron chi connectivity index (χ1n) is 5.98. The lowest BCUT2D eigenvalue weighted by Gasteiger charge is -2.00. The normalized spacial score (nSPS) is 10.8. The molecule has 0 aromatic heterocycles. The molecule has 0 aliphatic rings. The molecular formula is C16H14O3S. The highest BCUT2D eigenvalue weighted by molar-refractivity contribution is 7.98. The SMILES string of the molecule is CSc1ccc(C(=O)C=Cc2ccc(O)c(O)c2)cc1. The number of phenolic OH excluding ortho intramolecular Hbond substituents is 2. The van der Waals surface area contributed by atoms with Crippen molar-refractivity contribution in [1.29, 1.82) is 0 Å². The molecule has 0 atom stereocenters. The quantitative estimate of drug-likeness (QED) is 0.389. The standard InChI is InChI=1S/C16H14O3S/c1-20-13-6-4-12(5-7-13)14(17)8-2-11-3-9-15(18)16(19)10-11/h2-10,18-19H,1H3. The number of carbonyl (C=O) groups excluding carboxylic acids is 1. The molecule has 102 valence electrons. The van der Waals surface area contributed by atoms with Crippen LogP contribution in [0, 0.1) is 0 Å². The van der Waals surface area contributed by atoms with E-state index in [-0.39, 0.29) is 17.3 Å². The van der Waals surface area contributed by atoms with Crippen LogP contribution in [0.5, 0.6) is 11.5 Å². The van der Waals surface area contributed by atoms with Gasteiger partial charge < -0.3 is 10.2 Å². The van der Waals surface area contributed by atoms with Crippen molar-refractivity contribution in [2.45, 2.75) is 4.90 Å². The lowest BCUT2D eigenvalue weighted by molar-refractivity contribution is 0.104. The Kier molecular flexibility index (Phi) is 4.48. The van der Waals surface area contributed by atoms with Gasteiger partial charge in [-0.15, -0.1) is 11.8 Å². The van der Waals surface area contributed by atoms with E-state index in [1.165, 1.54) is 18.2 Å². The molecule has 0 bridgehead atoms. The Bertz CT molecular complexity index is 645. The summed E-state index contributed by atoms with van der Waals surface area (Å²) in [6, 6.07) is 11.8. The number of thioether (sulfide) groups is 1. The van der Waals surface area contributed by atoms with Crippen LogP contribution in [-0.2, 0) is 0 Å². The molecule has 0 saturated carbocycles. The average Bonchev–Trinajstić information content (AvgIpc) is 2.48. The molecule has 0 saturated heterocycles. The molecule has 0 amide bonds. The van der Waals surface area contributed by atoms with Crippen LogP contribution in [0.4, 0.5) is 0 Å². The second-order valence-corrected chi connectivity index (χ2v) is 5.05. The summed E-state index contributed by atoms with van der Waals surface area (Å²) in [4.78, 5) is 13.1. The van der Waals surface area contributed by atoms with Gasteiger partial charge in [0, 0.05) is 10.5 Å². The number of ketones is 1. The van der Waals surface area contributed by atoms with E-state index in [1.807, 2.05) is 18.4 Å². The fourth-order valence-electron chi connectivity index (χ4n) is 1.67. The topological polar surface area (TPSA) is 57.5 Å². The fourth-order valence-corrected chi connectivity index (χ4v) is 2.08. The molecule has 0 fully saturated rings. The zero-order chi connectivity index (χ0) is 14.5. The first kappa shape index (κ1) is 14.2. The largest absolute Gasteiger partial charge is 0.504 e. The summed E-state index contributed by atoms with van der Waals surface area (Å²) in [5.41, 5.74) is 1.26. The molecular weight excluding hydrogens is 272 g/mol. The van der Waals surface area contributed by atoms with Gasteiger partial charge >= 0.3 is 0 Å². The molecule has 4 heteroatoms. The molecule has 2 rings (SSSR count). The van der Waals surface area contributed by atoms with E-state index in [4.69, 9.17) is 0 Å². The van der Waals surface area contributed by atoms with Crippen molar-refractivity contribution in [3.05, 3.63) is 59.7 Å². The Morgan fingerprint density at radius 2 is 1.75 bits per heavy atom. The highest BCUT2D eigenvalue weighted by Crippen LogP contribution is 2.25. The maximum atomic E-state index is 12.0. The number of allylic oxidation sites excluding steroid dienone is 1. The van der Waals surface area contributed by atoms with Crippen molar-refractivity contribution in [2.75, 3.05) is 6.26 Å². The van der Waals surface area contributed by atoms with Gasteiger partial charge in [0.1, 0.15) is 0 Å². The molecule has 2 N–H and O–H groups in total. The van der Waals surface area contributed by atoms with Gasteiger partial charge in [-0.1, -0.05) is 12.1 Å². The predicted octanol–water partition coefficient (Wildman–Crippen LogP) is 3.72.